The van der Waals surface area contributed by atoms with E-state index in [1.807, 2.05) is 23.1 Å². The molecule has 6 unspecified atom stereocenters. The minimum absolute atomic E-state index is 0.0469. The Kier molecular flexibility index (Phi) is 8.40. The summed E-state index contributed by atoms with van der Waals surface area (Å²) in [5, 5.41) is 17.3. The van der Waals surface area contributed by atoms with Crippen molar-refractivity contribution < 1.29 is 4.42 Å². The van der Waals surface area contributed by atoms with Crippen LogP contribution in [0.5, 0.6) is 0 Å². The molecule has 3 aliphatic heterocycles. The average molecular weight is 863 g/mol. The lowest BCUT2D eigenvalue weighted by Gasteiger charge is -2.41. The SMILES string of the molecule is C1=CC2c3ccccc3N(c3ccc4oc5cc(-c6ccc7sc8cccc(C9NC(C%10=CCC%11Sc%12ccccc%12C%11=C%10)NC(c%10ccccc%10)N9)c8c7c6)ccc5c4c3)C2C=C1. The summed E-state index contributed by atoms with van der Waals surface area (Å²) >= 11 is 3.87. The van der Waals surface area contributed by atoms with E-state index >= 15 is 0 Å². The van der Waals surface area contributed by atoms with E-state index < -0.39 is 0 Å². The van der Waals surface area contributed by atoms with Gasteiger partial charge in [-0.15, -0.1) is 23.1 Å². The second-order valence-electron chi connectivity index (χ2n) is 17.6. The Morgan fingerprint density at radius 2 is 1.41 bits per heavy atom. The molecule has 6 atom stereocenters. The predicted molar refractivity (Wildman–Crippen MR) is 267 cm³/mol. The van der Waals surface area contributed by atoms with Gasteiger partial charge in [0.1, 0.15) is 11.2 Å². The zero-order chi connectivity index (χ0) is 41.9. The number of anilines is 2. The van der Waals surface area contributed by atoms with E-state index in [0.29, 0.717) is 11.2 Å². The van der Waals surface area contributed by atoms with Gasteiger partial charge in [0.05, 0.1) is 24.5 Å². The minimum atomic E-state index is -0.105. The number of benzene rings is 7. The molecule has 7 heteroatoms. The molecule has 5 heterocycles. The predicted octanol–water partition coefficient (Wildman–Crippen LogP) is 14.0. The number of fused-ring (bicyclic) bond motifs is 12. The van der Waals surface area contributed by atoms with Crippen LogP contribution in [-0.4, -0.2) is 17.5 Å². The number of thioether (sulfide) groups is 1. The van der Waals surface area contributed by atoms with E-state index in [4.69, 9.17) is 4.42 Å². The maximum atomic E-state index is 6.62. The summed E-state index contributed by atoms with van der Waals surface area (Å²) in [7, 11) is 0. The molecule has 5 aliphatic rings. The highest BCUT2D eigenvalue weighted by Gasteiger charge is 2.38. The number of furan rings is 1. The molecule has 2 aromatic heterocycles. The Labute approximate surface area is 379 Å². The lowest BCUT2D eigenvalue weighted by atomic mass is 9.91. The second-order valence-corrected chi connectivity index (χ2v) is 19.9. The molecular formula is C57H42N4OS2. The lowest BCUT2D eigenvalue weighted by molar-refractivity contribution is 0.225. The molecule has 3 N–H and O–H groups in total. The van der Waals surface area contributed by atoms with Gasteiger partial charge in [0.2, 0.25) is 0 Å². The summed E-state index contributed by atoms with van der Waals surface area (Å²) in [6.45, 7) is 0. The monoisotopic (exact) mass is 862 g/mol. The number of nitrogens with one attached hydrogen (secondary N) is 3. The Bertz CT molecular complexity index is 3510. The molecule has 14 rings (SSSR count). The van der Waals surface area contributed by atoms with Crippen molar-refractivity contribution in [2.24, 2.45) is 0 Å². The van der Waals surface area contributed by atoms with E-state index in [2.05, 4.69) is 209 Å². The summed E-state index contributed by atoms with van der Waals surface area (Å²) in [6.07, 6.45) is 14.7. The van der Waals surface area contributed by atoms with Gasteiger partial charge in [-0.3, -0.25) is 16.0 Å². The summed E-state index contributed by atoms with van der Waals surface area (Å²) in [4.78, 5) is 3.88. The van der Waals surface area contributed by atoms with Crippen LogP contribution in [0.1, 0.15) is 46.9 Å². The number of hydrogen-bond donors (Lipinski definition) is 3. The first-order valence-corrected chi connectivity index (χ1v) is 24.0. The second kappa shape index (κ2) is 14.5. The summed E-state index contributed by atoms with van der Waals surface area (Å²) in [5.74, 6) is 0.347. The van der Waals surface area contributed by atoms with Gasteiger partial charge in [0, 0.05) is 58.4 Å². The Hall–Kier alpha value is -6.45. The Morgan fingerprint density at radius 1 is 0.594 bits per heavy atom. The zero-order valence-corrected chi connectivity index (χ0v) is 36.4. The quantitative estimate of drug-likeness (QED) is 0.160. The molecule has 1 saturated heterocycles. The van der Waals surface area contributed by atoms with Gasteiger partial charge in [-0.25, -0.2) is 0 Å². The summed E-state index contributed by atoms with van der Waals surface area (Å²) in [6, 6.07) is 55.9. The van der Waals surface area contributed by atoms with Gasteiger partial charge in [0.25, 0.3) is 0 Å². The molecule has 1 fully saturated rings. The third-order valence-electron chi connectivity index (χ3n) is 14.0. The van der Waals surface area contributed by atoms with Crippen molar-refractivity contribution >= 4 is 82.2 Å². The Balaban J connectivity index is 0.826. The van der Waals surface area contributed by atoms with Crippen molar-refractivity contribution in [1.29, 1.82) is 0 Å². The first-order chi connectivity index (χ1) is 31.7. The number of hydrogen-bond acceptors (Lipinski definition) is 7. The summed E-state index contributed by atoms with van der Waals surface area (Å²) < 4.78 is 9.19. The van der Waals surface area contributed by atoms with Gasteiger partial charge in [-0.1, -0.05) is 127 Å². The molecule has 0 bridgehead atoms. The molecule has 9 aromatic rings. The molecule has 0 radical (unpaired) electrons. The molecule has 0 saturated carbocycles. The molecule has 7 aromatic carbocycles. The van der Waals surface area contributed by atoms with Crippen LogP contribution in [0.15, 0.2) is 203 Å². The fourth-order valence-electron chi connectivity index (χ4n) is 11.0. The Morgan fingerprint density at radius 3 is 2.38 bits per heavy atom. The van der Waals surface area contributed by atoms with Crippen LogP contribution in [0, 0.1) is 0 Å². The molecular weight excluding hydrogens is 821 g/mol. The highest BCUT2D eigenvalue weighted by atomic mass is 32.2. The van der Waals surface area contributed by atoms with Gasteiger partial charge in [0.15, 0.2) is 0 Å². The van der Waals surface area contributed by atoms with Gasteiger partial charge in [-0.05, 0) is 112 Å². The van der Waals surface area contributed by atoms with Crippen LogP contribution in [0.2, 0.25) is 0 Å². The highest BCUT2D eigenvalue weighted by Crippen LogP contribution is 2.50. The lowest BCUT2D eigenvalue weighted by Crippen LogP contribution is -2.59. The molecule has 308 valence electrons. The number of thiophene rings is 1. The third-order valence-corrected chi connectivity index (χ3v) is 16.5. The molecule has 0 amide bonds. The van der Waals surface area contributed by atoms with E-state index in [0.717, 1.165) is 33.9 Å². The van der Waals surface area contributed by atoms with E-state index in [1.54, 1.807) is 0 Å². The molecule has 64 heavy (non-hydrogen) atoms. The van der Waals surface area contributed by atoms with Crippen molar-refractivity contribution in [1.82, 2.24) is 16.0 Å². The number of para-hydroxylation sites is 1. The largest absolute Gasteiger partial charge is 0.456 e. The number of rotatable bonds is 5. The molecule has 2 aliphatic carbocycles. The maximum Gasteiger partial charge on any atom is 0.136 e. The van der Waals surface area contributed by atoms with Crippen molar-refractivity contribution in [3.05, 3.63) is 216 Å². The standard InChI is InChI=1S/C57H42N4OS2/c1-2-11-33(12-3-1)55-58-56(36-23-28-51-44(30-36)41-15-6-9-19-50(41)63-51)60-57(59-55)42-16-10-20-53-54(42)45-29-34(22-27-52(45)64-53)35-21-25-40-43-32-37(24-26-48(43)62-49(40)31-35)61-46-17-7-4-13-38(46)39-14-5-8-18-47(39)61/h1-27,29-32,38,46,51,55-60H,28H2. The van der Waals surface area contributed by atoms with E-state index in [1.165, 1.54) is 75.4 Å². The van der Waals surface area contributed by atoms with Crippen molar-refractivity contribution in [3.63, 3.8) is 0 Å². The van der Waals surface area contributed by atoms with Gasteiger partial charge < -0.3 is 9.32 Å². The van der Waals surface area contributed by atoms with E-state index in [-0.39, 0.29) is 24.5 Å². The number of nitrogens with zero attached hydrogens (tertiary/aromatic N) is 1. The van der Waals surface area contributed by atoms with Crippen LogP contribution in [0.4, 0.5) is 11.4 Å². The van der Waals surface area contributed by atoms with Crippen LogP contribution in [-0.2, 0) is 0 Å². The average Bonchev–Trinajstić information content (AvgIpc) is 4.12. The highest BCUT2D eigenvalue weighted by molar-refractivity contribution is 8.00. The minimum Gasteiger partial charge on any atom is -0.456 e. The van der Waals surface area contributed by atoms with Crippen molar-refractivity contribution in [3.8, 4) is 11.1 Å². The van der Waals surface area contributed by atoms with Gasteiger partial charge >= 0.3 is 0 Å². The third kappa shape index (κ3) is 5.82. The van der Waals surface area contributed by atoms with E-state index in [9.17, 15) is 0 Å². The summed E-state index contributed by atoms with van der Waals surface area (Å²) in [5.41, 5.74) is 14.6. The fourth-order valence-corrected chi connectivity index (χ4v) is 13.5. The van der Waals surface area contributed by atoms with Crippen LogP contribution >= 0.6 is 23.1 Å². The van der Waals surface area contributed by atoms with Crippen molar-refractivity contribution in [2.75, 3.05) is 4.90 Å². The zero-order valence-electron chi connectivity index (χ0n) is 34.7. The first kappa shape index (κ1) is 37.0. The number of allylic oxidation sites excluding steroid dienone is 3. The first-order valence-electron chi connectivity index (χ1n) is 22.3. The normalized spacial score (nSPS) is 23.3. The van der Waals surface area contributed by atoms with Crippen LogP contribution in [0.3, 0.4) is 0 Å². The topological polar surface area (TPSA) is 52.5 Å². The van der Waals surface area contributed by atoms with Crippen LogP contribution < -0.4 is 20.9 Å². The molecule has 0 spiro atoms. The fraction of sp³-hybridized carbons (Fsp3) is 0.123. The maximum absolute atomic E-state index is 6.62. The van der Waals surface area contributed by atoms with Crippen molar-refractivity contribution in [2.45, 2.75) is 47.0 Å². The van der Waals surface area contributed by atoms with Crippen LogP contribution in [0.25, 0.3) is 58.8 Å². The molecule has 5 nitrogen and oxygen atoms in total. The van der Waals surface area contributed by atoms with Gasteiger partial charge in [-0.2, -0.15) is 0 Å². The smallest absolute Gasteiger partial charge is 0.136 e.